The zero-order valence-corrected chi connectivity index (χ0v) is 18.6. The van der Waals surface area contributed by atoms with Crippen LogP contribution in [-0.2, 0) is 20.7 Å². The molecule has 30 heavy (non-hydrogen) atoms. The van der Waals surface area contributed by atoms with Crippen LogP contribution in [-0.4, -0.2) is 44.5 Å². The second-order valence-corrected chi connectivity index (χ2v) is 10.6. The van der Waals surface area contributed by atoms with Crippen molar-refractivity contribution in [2.24, 2.45) is 0 Å². The lowest BCUT2D eigenvalue weighted by Gasteiger charge is -2.29. The van der Waals surface area contributed by atoms with E-state index < -0.39 is 26.8 Å². The Morgan fingerprint density at radius 2 is 1.90 bits per heavy atom. The maximum atomic E-state index is 14.8. The van der Waals surface area contributed by atoms with E-state index >= 15 is 0 Å². The number of alkyl halides is 2. The van der Waals surface area contributed by atoms with Gasteiger partial charge in [-0.2, -0.15) is 8.78 Å². The van der Waals surface area contributed by atoms with Gasteiger partial charge in [0.2, 0.25) is 10.0 Å². The number of halogens is 3. The van der Waals surface area contributed by atoms with E-state index in [2.05, 4.69) is 9.71 Å². The molecule has 1 N–H and O–H groups in total. The van der Waals surface area contributed by atoms with E-state index in [0.717, 1.165) is 13.2 Å². The minimum absolute atomic E-state index is 0.0168. The van der Waals surface area contributed by atoms with Gasteiger partial charge in [0.25, 0.3) is 5.92 Å². The van der Waals surface area contributed by atoms with E-state index in [0.29, 0.717) is 37.0 Å². The number of sulfonamides is 1. The molecule has 1 fully saturated rings. The minimum Gasteiger partial charge on any atom is -0.487 e. The molecule has 0 radical (unpaired) electrons. The Morgan fingerprint density at radius 3 is 2.50 bits per heavy atom. The molecule has 3 rings (SSSR count). The minimum atomic E-state index is -3.28. The van der Waals surface area contributed by atoms with Crippen LogP contribution in [0.5, 0.6) is 5.75 Å². The number of aromatic nitrogens is 1. The van der Waals surface area contributed by atoms with Gasteiger partial charge in [0.05, 0.1) is 35.3 Å². The smallest absolute Gasteiger partial charge is 0.296 e. The van der Waals surface area contributed by atoms with Crippen molar-refractivity contribution in [3.05, 3.63) is 23.0 Å². The van der Waals surface area contributed by atoms with Crippen LogP contribution in [0.15, 0.2) is 12.1 Å². The molecule has 1 aromatic heterocycles. The van der Waals surface area contributed by atoms with Gasteiger partial charge in [0, 0.05) is 13.0 Å². The number of nitrogens with zero attached hydrogens (tertiary/aromatic N) is 1. The molecule has 11 heteroatoms. The third-order valence-corrected chi connectivity index (χ3v) is 6.82. The largest absolute Gasteiger partial charge is 0.487 e. The second kappa shape index (κ2) is 8.97. The first-order chi connectivity index (χ1) is 13.9. The van der Waals surface area contributed by atoms with Crippen LogP contribution in [0, 0.1) is 5.82 Å². The van der Waals surface area contributed by atoms with Gasteiger partial charge in [-0.1, -0.05) is 0 Å². The average Bonchev–Trinajstić information content (AvgIpc) is 3.08. The topological polar surface area (TPSA) is 77.5 Å². The molecule has 168 valence electrons. The predicted octanol–water partition coefficient (Wildman–Crippen LogP) is 4.19. The molecular weight excluding hydrogens is 441 g/mol. The molecule has 0 aliphatic heterocycles. The highest BCUT2D eigenvalue weighted by atomic mass is 32.2. The molecule has 1 saturated carbocycles. The summed E-state index contributed by atoms with van der Waals surface area (Å²) in [5.74, 6) is -3.75. The molecule has 1 aromatic carbocycles. The van der Waals surface area contributed by atoms with E-state index in [1.807, 2.05) is 0 Å². The van der Waals surface area contributed by atoms with E-state index in [1.165, 1.54) is 12.1 Å². The third kappa shape index (κ3) is 6.05. The SMILES string of the molecule is C[C@@H](CO[C@H]1CC[C@H](Oc2ccc3nc(C(C)(F)F)sc3c2F)CC1)NS(C)(=O)=O. The summed E-state index contributed by atoms with van der Waals surface area (Å²) in [6.07, 6.45) is 3.58. The molecule has 0 bridgehead atoms. The molecule has 1 atom stereocenters. The number of thiazole rings is 1. The van der Waals surface area contributed by atoms with Gasteiger partial charge < -0.3 is 9.47 Å². The number of hydrogen-bond donors (Lipinski definition) is 1. The van der Waals surface area contributed by atoms with Gasteiger partial charge >= 0.3 is 0 Å². The number of benzene rings is 1. The predicted molar refractivity (Wildman–Crippen MR) is 109 cm³/mol. The van der Waals surface area contributed by atoms with Crippen molar-refractivity contribution >= 4 is 31.6 Å². The zero-order valence-electron chi connectivity index (χ0n) is 17.0. The van der Waals surface area contributed by atoms with Crippen molar-refractivity contribution in [3.63, 3.8) is 0 Å². The van der Waals surface area contributed by atoms with Crippen LogP contribution in [0.25, 0.3) is 10.2 Å². The molecule has 6 nitrogen and oxygen atoms in total. The van der Waals surface area contributed by atoms with E-state index in [4.69, 9.17) is 9.47 Å². The van der Waals surface area contributed by atoms with Crippen LogP contribution < -0.4 is 9.46 Å². The lowest BCUT2D eigenvalue weighted by atomic mass is 9.95. The first-order valence-corrected chi connectivity index (χ1v) is 12.4. The molecular formula is C19H25F3N2O4S2. The van der Waals surface area contributed by atoms with Gasteiger partial charge in [0.15, 0.2) is 16.6 Å². The summed E-state index contributed by atoms with van der Waals surface area (Å²) < 4.78 is 78.2. The number of nitrogens with one attached hydrogen (secondary N) is 1. The lowest BCUT2D eigenvalue weighted by molar-refractivity contribution is -0.00323. The van der Waals surface area contributed by atoms with E-state index in [1.54, 1.807) is 6.92 Å². The highest BCUT2D eigenvalue weighted by Crippen LogP contribution is 2.38. The number of hydrogen-bond acceptors (Lipinski definition) is 6. The van der Waals surface area contributed by atoms with Gasteiger partial charge in [-0.05, 0) is 44.7 Å². The lowest BCUT2D eigenvalue weighted by Crippen LogP contribution is -2.37. The average molecular weight is 467 g/mol. The van der Waals surface area contributed by atoms with Crippen LogP contribution in [0.2, 0.25) is 0 Å². The van der Waals surface area contributed by atoms with Crippen molar-refractivity contribution < 1.29 is 31.1 Å². The van der Waals surface area contributed by atoms with Crippen LogP contribution in [0.1, 0.15) is 44.5 Å². The standard InChI is InChI=1S/C19H25F3N2O4S2/c1-11(24-30(3,25)26)10-27-12-4-6-13(7-5-12)28-15-9-8-14-17(16(15)20)29-18(23-14)19(2,21)22/h8-9,11-13,24H,4-7,10H2,1-3H3/t11-,12-,13-/m0/s1. The second-order valence-electron chi connectivity index (χ2n) is 7.77. The maximum Gasteiger partial charge on any atom is 0.296 e. The van der Waals surface area contributed by atoms with Gasteiger partial charge in [-0.15, -0.1) is 11.3 Å². The molecule has 2 aromatic rings. The van der Waals surface area contributed by atoms with Crippen LogP contribution in [0.4, 0.5) is 13.2 Å². The summed E-state index contributed by atoms with van der Waals surface area (Å²) in [4.78, 5) is 3.81. The number of fused-ring (bicyclic) bond motifs is 1. The Morgan fingerprint density at radius 1 is 1.27 bits per heavy atom. The summed E-state index contributed by atoms with van der Waals surface area (Å²) in [7, 11) is -3.28. The zero-order chi connectivity index (χ0) is 22.1. The highest BCUT2D eigenvalue weighted by molar-refractivity contribution is 7.88. The first-order valence-electron chi connectivity index (χ1n) is 9.65. The van der Waals surface area contributed by atoms with Crippen molar-refractivity contribution in [3.8, 4) is 5.75 Å². The molecule has 0 amide bonds. The highest BCUT2D eigenvalue weighted by Gasteiger charge is 2.30. The van der Waals surface area contributed by atoms with Crippen LogP contribution in [0.3, 0.4) is 0 Å². The summed E-state index contributed by atoms with van der Waals surface area (Å²) in [6.45, 7) is 2.73. The molecule has 0 saturated heterocycles. The summed E-state index contributed by atoms with van der Waals surface area (Å²) in [5, 5.41) is -0.425. The Bertz CT molecular complexity index is 984. The summed E-state index contributed by atoms with van der Waals surface area (Å²) in [6, 6.07) is 2.59. The molecule has 1 aliphatic carbocycles. The molecule has 1 aliphatic rings. The van der Waals surface area contributed by atoms with Crippen molar-refractivity contribution in [1.82, 2.24) is 9.71 Å². The Hall–Kier alpha value is -1.43. The van der Waals surface area contributed by atoms with Crippen molar-refractivity contribution in [2.45, 2.75) is 63.7 Å². The fourth-order valence-electron chi connectivity index (χ4n) is 3.40. The molecule has 1 heterocycles. The van der Waals surface area contributed by atoms with Gasteiger partial charge in [0.1, 0.15) is 0 Å². The van der Waals surface area contributed by atoms with Gasteiger partial charge in [-0.3, -0.25) is 0 Å². The monoisotopic (exact) mass is 466 g/mol. The van der Waals surface area contributed by atoms with E-state index in [9.17, 15) is 21.6 Å². The fourth-order valence-corrected chi connectivity index (χ4v) is 5.12. The Kier molecular flexibility index (Phi) is 6.95. The van der Waals surface area contributed by atoms with Crippen molar-refractivity contribution in [2.75, 3.05) is 12.9 Å². The number of rotatable bonds is 8. The van der Waals surface area contributed by atoms with Crippen LogP contribution >= 0.6 is 11.3 Å². The van der Waals surface area contributed by atoms with Crippen molar-refractivity contribution in [1.29, 1.82) is 0 Å². The Labute approximate surface area is 177 Å². The maximum absolute atomic E-state index is 14.8. The number of ether oxygens (including phenoxy) is 2. The molecule has 0 spiro atoms. The molecule has 0 unspecified atom stereocenters. The van der Waals surface area contributed by atoms with E-state index in [-0.39, 0.29) is 40.8 Å². The normalized spacial score (nSPS) is 21.7. The summed E-state index contributed by atoms with van der Waals surface area (Å²) >= 11 is 0.636. The van der Waals surface area contributed by atoms with Gasteiger partial charge in [-0.25, -0.2) is 22.5 Å². The third-order valence-electron chi connectivity index (χ3n) is 4.75. The summed E-state index contributed by atoms with van der Waals surface area (Å²) in [5.41, 5.74) is 0.190. The fraction of sp³-hybridized carbons (Fsp3) is 0.632. The first kappa shape index (κ1) is 23.2. The quantitative estimate of drug-likeness (QED) is 0.631. The Balaban J connectivity index is 1.55.